The fourth-order valence-corrected chi connectivity index (χ4v) is 5.38. The van der Waals surface area contributed by atoms with Gasteiger partial charge in [0.1, 0.15) is 0 Å². The quantitative estimate of drug-likeness (QED) is 0.568. The van der Waals surface area contributed by atoms with E-state index in [1.54, 1.807) is 0 Å². The van der Waals surface area contributed by atoms with Crippen molar-refractivity contribution in [2.45, 2.75) is 32.5 Å². The molecule has 0 aromatic rings. The first-order valence-corrected chi connectivity index (χ1v) is 11.0. The molecule has 0 radical (unpaired) electrons. The zero-order valence-electron chi connectivity index (χ0n) is 11.7. The number of rotatable bonds is 7. The maximum atomic E-state index is 11.5. The highest BCUT2D eigenvalue weighted by atomic mass is 31.3. The second-order valence-corrected chi connectivity index (χ2v) is 9.94. The van der Waals surface area contributed by atoms with Gasteiger partial charge in [-0.25, -0.2) is 13.4 Å². The number of hydrogen-bond donors (Lipinski definition) is 3. The van der Waals surface area contributed by atoms with Crippen LogP contribution in [0.1, 0.15) is 20.3 Å². The Bertz CT molecular complexity index is 501. The van der Waals surface area contributed by atoms with E-state index in [0.717, 1.165) is 6.42 Å². The lowest BCUT2D eigenvalue weighted by Crippen LogP contribution is -2.20. The fourth-order valence-electron chi connectivity index (χ4n) is 1.89. The zero-order chi connectivity index (χ0) is 16.5. The monoisotopic (exact) mass is 368 g/mol. The minimum atomic E-state index is -5.22. The summed E-state index contributed by atoms with van der Waals surface area (Å²) in [7, 11) is -14.5. The van der Waals surface area contributed by atoms with Crippen LogP contribution in [0.15, 0.2) is 0 Å². The molecule has 0 spiro atoms. The van der Waals surface area contributed by atoms with Crippen LogP contribution in [0.4, 0.5) is 0 Å². The molecule has 0 aliphatic carbocycles. The van der Waals surface area contributed by atoms with Gasteiger partial charge in [0.05, 0.1) is 18.8 Å². The van der Waals surface area contributed by atoms with Gasteiger partial charge in [-0.15, -0.1) is 0 Å². The third kappa shape index (κ3) is 7.48. The molecular weight excluding hydrogens is 349 g/mol. The smallest absolute Gasteiger partial charge is 0.373 e. The molecule has 3 N–H and O–H groups in total. The Morgan fingerprint density at radius 3 is 2.10 bits per heavy atom. The molecule has 1 saturated heterocycles. The van der Waals surface area contributed by atoms with Crippen LogP contribution in [0, 0.1) is 5.92 Å². The van der Waals surface area contributed by atoms with Crippen molar-refractivity contribution in [3.05, 3.63) is 0 Å². The van der Waals surface area contributed by atoms with Gasteiger partial charge in [-0.3, -0.25) is 9.09 Å². The summed E-state index contributed by atoms with van der Waals surface area (Å²) in [5.74, 6) is 0.0745. The van der Waals surface area contributed by atoms with Crippen molar-refractivity contribution in [1.82, 2.24) is 0 Å². The molecule has 1 fully saturated rings. The number of ether oxygens (including phenoxy) is 1. The van der Waals surface area contributed by atoms with E-state index in [9.17, 15) is 18.6 Å². The maximum Gasteiger partial charge on any atom is 0.488 e. The molecule has 0 bridgehead atoms. The van der Waals surface area contributed by atoms with E-state index in [-0.39, 0.29) is 18.6 Å². The molecule has 1 aliphatic rings. The number of phosphoric ester groups is 1. The molecule has 0 aromatic carbocycles. The first-order valence-electron chi connectivity index (χ1n) is 5.98. The number of phosphoric acid groups is 2. The van der Waals surface area contributed by atoms with Crippen molar-refractivity contribution >= 4 is 23.2 Å². The van der Waals surface area contributed by atoms with Crippen molar-refractivity contribution in [2.24, 2.45) is 5.92 Å². The van der Waals surface area contributed by atoms with Crippen LogP contribution in [0.3, 0.4) is 0 Å². The first-order chi connectivity index (χ1) is 9.30. The summed E-state index contributed by atoms with van der Waals surface area (Å²) in [6.45, 7) is 3.99. The molecule has 10 nitrogen and oxygen atoms in total. The van der Waals surface area contributed by atoms with E-state index in [4.69, 9.17) is 14.5 Å². The molecule has 0 aromatic heterocycles. The topological polar surface area (TPSA) is 149 Å². The third-order valence-corrected chi connectivity index (χ3v) is 6.77. The molecule has 0 saturated carbocycles. The van der Waals surface area contributed by atoms with Gasteiger partial charge in [-0.1, -0.05) is 6.92 Å². The standard InChI is InChI=1S/C8H19O10P3/c1-6-4-7(2)16-8(6)5-15-20(11,12)18-21(13,14)17-19(3,9)10/h6-8H,4-5H2,1-3H3,(H,9,10)(H,11,12)(H,13,14)/t6?,7?,8-/m1/s1. The SMILES string of the molecule is CC1CC(C)[C@@H](COP(=O)(O)OP(=O)(O)OP(C)(=O)O)O1. The van der Waals surface area contributed by atoms with Crippen molar-refractivity contribution in [3.8, 4) is 0 Å². The summed E-state index contributed by atoms with van der Waals surface area (Å²) in [6, 6.07) is 0. The first kappa shape index (κ1) is 19.5. The lowest BCUT2D eigenvalue weighted by molar-refractivity contribution is 0.00802. The van der Waals surface area contributed by atoms with E-state index < -0.39 is 29.3 Å². The summed E-state index contributed by atoms with van der Waals surface area (Å²) >= 11 is 0. The van der Waals surface area contributed by atoms with Gasteiger partial charge < -0.3 is 19.4 Å². The van der Waals surface area contributed by atoms with Gasteiger partial charge in [-0.05, 0) is 19.3 Å². The van der Waals surface area contributed by atoms with Gasteiger partial charge in [0.15, 0.2) is 0 Å². The summed E-state index contributed by atoms with van der Waals surface area (Å²) in [5.41, 5.74) is 0. The van der Waals surface area contributed by atoms with E-state index in [2.05, 4.69) is 13.1 Å². The lowest BCUT2D eigenvalue weighted by Gasteiger charge is -2.19. The van der Waals surface area contributed by atoms with Gasteiger partial charge in [0.2, 0.25) is 0 Å². The van der Waals surface area contributed by atoms with Crippen LogP contribution >= 0.6 is 23.2 Å². The summed E-state index contributed by atoms with van der Waals surface area (Å²) in [4.78, 5) is 27.2. The Morgan fingerprint density at radius 2 is 1.67 bits per heavy atom. The average molecular weight is 368 g/mol. The highest BCUT2D eigenvalue weighted by Gasteiger charge is 2.40. The Morgan fingerprint density at radius 1 is 1.10 bits per heavy atom. The van der Waals surface area contributed by atoms with E-state index in [1.165, 1.54) is 0 Å². The molecule has 1 heterocycles. The Hall–Kier alpha value is 0.410. The number of hydrogen-bond acceptors (Lipinski definition) is 7. The predicted molar refractivity (Wildman–Crippen MR) is 71.6 cm³/mol. The molecule has 1 aliphatic heterocycles. The Kier molecular flexibility index (Phi) is 6.38. The van der Waals surface area contributed by atoms with Gasteiger partial charge in [0, 0.05) is 6.66 Å². The zero-order valence-corrected chi connectivity index (χ0v) is 14.4. The Balaban J connectivity index is 2.56. The fraction of sp³-hybridized carbons (Fsp3) is 1.00. The molecule has 6 atom stereocenters. The third-order valence-electron chi connectivity index (χ3n) is 2.61. The molecule has 21 heavy (non-hydrogen) atoms. The van der Waals surface area contributed by atoms with Gasteiger partial charge >= 0.3 is 23.2 Å². The highest BCUT2D eigenvalue weighted by molar-refractivity contribution is 7.68. The normalized spacial score (nSPS) is 34.9. The largest absolute Gasteiger partial charge is 0.488 e. The van der Waals surface area contributed by atoms with E-state index >= 15 is 0 Å². The van der Waals surface area contributed by atoms with Crippen LogP contribution < -0.4 is 0 Å². The predicted octanol–water partition coefficient (Wildman–Crippen LogP) is 1.87. The lowest BCUT2D eigenvalue weighted by atomic mass is 10.0. The molecule has 13 heteroatoms. The Labute approximate surface area is 122 Å². The van der Waals surface area contributed by atoms with Gasteiger partial charge in [-0.2, -0.15) is 4.31 Å². The minimum Gasteiger partial charge on any atom is -0.373 e. The minimum absolute atomic E-state index is 0.0276. The van der Waals surface area contributed by atoms with Crippen molar-refractivity contribution in [1.29, 1.82) is 0 Å². The van der Waals surface area contributed by atoms with Crippen LogP contribution in [-0.4, -0.2) is 40.2 Å². The van der Waals surface area contributed by atoms with Gasteiger partial charge in [0.25, 0.3) is 0 Å². The van der Waals surface area contributed by atoms with Crippen LogP contribution in [0.25, 0.3) is 0 Å². The second kappa shape index (κ2) is 6.89. The summed E-state index contributed by atoms with van der Waals surface area (Å²) in [6.07, 6.45) is 0.258. The summed E-state index contributed by atoms with van der Waals surface area (Å²) in [5, 5.41) is 0. The molecule has 1 rings (SSSR count). The average Bonchev–Trinajstić information content (AvgIpc) is 2.48. The molecular formula is C8H19O10P3. The molecule has 5 unspecified atom stereocenters. The molecule has 126 valence electrons. The summed E-state index contributed by atoms with van der Waals surface area (Å²) < 4.78 is 51.4. The van der Waals surface area contributed by atoms with Crippen molar-refractivity contribution in [3.63, 3.8) is 0 Å². The van der Waals surface area contributed by atoms with E-state index in [1.807, 2.05) is 13.8 Å². The van der Waals surface area contributed by atoms with E-state index in [0.29, 0.717) is 6.66 Å². The van der Waals surface area contributed by atoms with Crippen LogP contribution in [0.2, 0.25) is 0 Å². The van der Waals surface area contributed by atoms with Crippen LogP contribution in [0.5, 0.6) is 0 Å². The second-order valence-electron chi connectivity index (χ2n) is 4.90. The van der Waals surface area contributed by atoms with Crippen molar-refractivity contribution in [2.75, 3.05) is 13.3 Å². The highest BCUT2D eigenvalue weighted by Crippen LogP contribution is 2.66. The van der Waals surface area contributed by atoms with Crippen LogP contribution in [-0.2, 0) is 31.6 Å². The maximum absolute atomic E-state index is 11.5. The van der Waals surface area contributed by atoms with Crippen molar-refractivity contribution < 1.29 is 46.3 Å². The molecule has 0 amide bonds.